The summed E-state index contributed by atoms with van der Waals surface area (Å²) in [7, 11) is 0. The van der Waals surface area contributed by atoms with Gasteiger partial charge in [-0.3, -0.25) is 29.0 Å². The average Bonchev–Trinajstić information content (AvgIpc) is 3.16. The molecule has 6 atom stereocenters. The normalized spacial score (nSPS) is 14.2. The van der Waals surface area contributed by atoms with Gasteiger partial charge in [-0.05, 0) is 78.5 Å². The van der Waals surface area contributed by atoms with Crippen LogP contribution in [0.5, 0.6) is 11.5 Å². The number of phenols is 2. The fraction of sp³-hybridized carbons (Fsp3) is 0.513. The number of thioether (sulfide) groups is 1. The van der Waals surface area contributed by atoms with E-state index in [0.29, 0.717) is 23.3 Å². The van der Waals surface area contributed by atoms with Crippen LogP contribution in [0.2, 0.25) is 0 Å². The van der Waals surface area contributed by atoms with Crippen molar-refractivity contribution in [2.24, 2.45) is 34.0 Å². The molecule has 14 N–H and O–H groups in total. The van der Waals surface area contributed by atoms with Gasteiger partial charge in [0.15, 0.2) is 5.96 Å². The monoisotopic (exact) mass is 829 g/mol. The Hall–Kier alpha value is -5.56. The van der Waals surface area contributed by atoms with Gasteiger partial charge in [0, 0.05) is 19.4 Å². The predicted molar refractivity (Wildman–Crippen MR) is 221 cm³/mol. The Kier molecular flexibility index (Phi) is 20.3. The number of rotatable bonds is 24. The van der Waals surface area contributed by atoms with Crippen LogP contribution < -0.4 is 43.8 Å². The van der Waals surface area contributed by atoms with E-state index in [9.17, 15) is 44.1 Å². The predicted octanol–water partition coefficient (Wildman–Crippen LogP) is -0.162. The van der Waals surface area contributed by atoms with Crippen molar-refractivity contribution in [3.8, 4) is 11.5 Å². The van der Waals surface area contributed by atoms with Crippen LogP contribution >= 0.6 is 11.8 Å². The van der Waals surface area contributed by atoms with Gasteiger partial charge in [-0.15, -0.1) is 0 Å². The molecule has 5 amide bonds. The molecule has 2 aromatic rings. The number of aromatic hydroxyl groups is 2. The number of phenolic OH excluding ortho intramolecular Hbond substituents is 2. The molecule has 320 valence electrons. The topological polar surface area (TPSA) is 314 Å². The molecule has 2 aromatic carbocycles. The molecule has 0 fully saturated rings. The number of hydrogen-bond donors (Lipinski definition) is 11. The molecule has 0 aliphatic carbocycles. The third-order valence-corrected chi connectivity index (χ3v) is 9.69. The number of benzene rings is 2. The van der Waals surface area contributed by atoms with Crippen molar-refractivity contribution in [3.05, 3.63) is 59.7 Å². The number of nitrogens with one attached hydrogen (secondary N) is 5. The SMILES string of the molecule is CSCC[C@H](NC(=O)[C@@H](NC(=O)[C@@H](NC(=O)[C@H](Cc1ccc(O)cc1)NC(=O)[C@H](Cc1ccc(O)cc1)NC(=O)[C@@H](N)CCCN=C(N)N)C(C)C)C(C)C)C(=O)O. The highest BCUT2D eigenvalue weighted by molar-refractivity contribution is 7.98. The zero-order valence-corrected chi connectivity index (χ0v) is 34.4. The average molecular weight is 830 g/mol. The Morgan fingerprint density at radius 1 is 0.638 bits per heavy atom. The summed E-state index contributed by atoms with van der Waals surface area (Å²) in [5, 5.41) is 42.6. The van der Waals surface area contributed by atoms with Gasteiger partial charge in [0.1, 0.15) is 41.7 Å². The minimum absolute atomic E-state index is 0.0121. The van der Waals surface area contributed by atoms with E-state index in [0.717, 1.165) is 0 Å². The van der Waals surface area contributed by atoms with Crippen LogP contribution in [0.1, 0.15) is 58.1 Å². The lowest BCUT2D eigenvalue weighted by molar-refractivity contribution is -0.142. The largest absolute Gasteiger partial charge is 0.508 e. The minimum Gasteiger partial charge on any atom is -0.508 e. The number of carboxylic acids is 1. The Bertz CT molecular complexity index is 1700. The molecule has 0 aromatic heterocycles. The molecule has 0 saturated heterocycles. The molecular formula is C39H59N9O9S. The zero-order valence-electron chi connectivity index (χ0n) is 33.6. The summed E-state index contributed by atoms with van der Waals surface area (Å²) in [6.45, 7) is 6.95. The molecule has 18 nitrogen and oxygen atoms in total. The van der Waals surface area contributed by atoms with Gasteiger partial charge in [0.25, 0.3) is 0 Å². The summed E-state index contributed by atoms with van der Waals surface area (Å²) in [6.07, 6.45) is 2.40. The number of aliphatic imine (C=N–C) groups is 1. The highest BCUT2D eigenvalue weighted by atomic mass is 32.2. The van der Waals surface area contributed by atoms with Gasteiger partial charge >= 0.3 is 5.97 Å². The van der Waals surface area contributed by atoms with Gasteiger partial charge in [0.2, 0.25) is 29.5 Å². The number of carbonyl (C=O) groups is 6. The van der Waals surface area contributed by atoms with Crippen LogP contribution in [-0.4, -0.2) is 112 Å². The maximum atomic E-state index is 14.1. The summed E-state index contributed by atoms with van der Waals surface area (Å²) in [5.74, 6) is -5.44. The first kappa shape index (κ1) is 48.6. The molecule has 0 unspecified atom stereocenters. The maximum absolute atomic E-state index is 14.1. The first-order valence-electron chi connectivity index (χ1n) is 18.9. The molecule has 0 bridgehead atoms. The number of hydrogen-bond acceptors (Lipinski definition) is 11. The maximum Gasteiger partial charge on any atom is 0.326 e. The molecule has 2 rings (SSSR count). The number of amides is 5. The van der Waals surface area contributed by atoms with E-state index in [1.807, 2.05) is 6.26 Å². The standard InChI is InChI=1S/C39H59N9O9S/c1-21(2)31(36(54)44-28(38(56)57)16-18-58-5)48-37(55)32(22(3)4)47-35(53)30(20-24-10-14-26(50)15-11-24)46-34(52)29(19-23-8-12-25(49)13-9-23)45-33(51)27(40)7-6-17-43-39(41)42/h8-15,21-22,27-32,49-50H,6-7,16-20,40H2,1-5H3,(H,44,54)(H,45,51)(H,46,52)(H,47,53)(H,48,55)(H,56,57)(H4,41,42,43)/t27-,28-,29-,30-,31-,32-/m0/s1. The lowest BCUT2D eigenvalue weighted by atomic mass is 9.98. The molecule has 0 aliphatic heterocycles. The van der Waals surface area contributed by atoms with E-state index in [1.165, 1.54) is 36.0 Å². The molecule has 0 aliphatic rings. The molecule has 19 heteroatoms. The minimum atomic E-state index is -1.32. The lowest BCUT2D eigenvalue weighted by Crippen LogP contribution is -2.61. The van der Waals surface area contributed by atoms with Crippen LogP contribution in [0.3, 0.4) is 0 Å². The van der Waals surface area contributed by atoms with Crippen LogP contribution in [0, 0.1) is 11.8 Å². The first-order chi connectivity index (χ1) is 27.3. The molecule has 0 heterocycles. The van der Waals surface area contributed by atoms with Crippen LogP contribution in [0.4, 0.5) is 0 Å². The second-order valence-corrected chi connectivity index (χ2v) is 15.5. The summed E-state index contributed by atoms with van der Waals surface area (Å²) >= 11 is 1.42. The summed E-state index contributed by atoms with van der Waals surface area (Å²) in [5.41, 5.74) is 18.0. The molecular weight excluding hydrogens is 771 g/mol. The molecule has 58 heavy (non-hydrogen) atoms. The number of nitrogens with two attached hydrogens (primary N) is 3. The number of nitrogens with zero attached hydrogens (tertiary/aromatic N) is 1. The number of carboxylic acid groups (broad SMARTS) is 1. The van der Waals surface area contributed by atoms with Crippen LogP contribution in [0.25, 0.3) is 0 Å². The van der Waals surface area contributed by atoms with Crippen molar-refractivity contribution in [2.45, 2.75) is 96.1 Å². The number of aliphatic carboxylic acids is 1. The van der Waals surface area contributed by atoms with E-state index >= 15 is 0 Å². The van der Waals surface area contributed by atoms with Gasteiger partial charge in [0.05, 0.1) is 6.04 Å². The Morgan fingerprint density at radius 2 is 1.05 bits per heavy atom. The van der Waals surface area contributed by atoms with Gasteiger partial charge in [-0.25, -0.2) is 4.79 Å². The van der Waals surface area contributed by atoms with E-state index in [-0.39, 0.29) is 49.7 Å². The second kappa shape index (κ2) is 24.3. The third kappa shape index (κ3) is 16.9. The highest BCUT2D eigenvalue weighted by Gasteiger charge is 2.35. The van der Waals surface area contributed by atoms with Crippen LogP contribution in [0.15, 0.2) is 53.5 Å². The van der Waals surface area contributed by atoms with Crippen LogP contribution in [-0.2, 0) is 41.6 Å². The van der Waals surface area contributed by atoms with Crippen molar-refractivity contribution >= 4 is 53.2 Å². The van der Waals surface area contributed by atoms with E-state index < -0.39 is 83.6 Å². The number of guanidine groups is 1. The van der Waals surface area contributed by atoms with Crippen molar-refractivity contribution < 1.29 is 44.1 Å². The second-order valence-electron chi connectivity index (χ2n) is 14.6. The van der Waals surface area contributed by atoms with Crippen molar-refractivity contribution in [2.75, 3.05) is 18.6 Å². The van der Waals surface area contributed by atoms with E-state index in [1.54, 1.807) is 52.0 Å². The first-order valence-corrected chi connectivity index (χ1v) is 20.3. The summed E-state index contributed by atoms with van der Waals surface area (Å²) in [6, 6.07) is 4.78. The van der Waals surface area contributed by atoms with E-state index in [4.69, 9.17) is 17.2 Å². The quantitative estimate of drug-likeness (QED) is 0.0373. The van der Waals surface area contributed by atoms with Crippen molar-refractivity contribution in [3.63, 3.8) is 0 Å². The zero-order chi connectivity index (χ0) is 43.5. The van der Waals surface area contributed by atoms with Crippen molar-refractivity contribution in [1.82, 2.24) is 26.6 Å². The summed E-state index contributed by atoms with van der Waals surface area (Å²) < 4.78 is 0. The third-order valence-electron chi connectivity index (χ3n) is 9.04. The van der Waals surface area contributed by atoms with E-state index in [2.05, 4.69) is 31.6 Å². The highest BCUT2D eigenvalue weighted by Crippen LogP contribution is 2.15. The Labute approximate surface area is 342 Å². The molecule has 0 radical (unpaired) electrons. The fourth-order valence-corrected chi connectivity index (χ4v) is 6.15. The molecule has 0 spiro atoms. The molecule has 0 saturated carbocycles. The fourth-order valence-electron chi connectivity index (χ4n) is 5.68. The van der Waals surface area contributed by atoms with Gasteiger partial charge < -0.3 is 59.1 Å². The van der Waals surface area contributed by atoms with Crippen molar-refractivity contribution in [1.29, 1.82) is 0 Å². The summed E-state index contributed by atoms with van der Waals surface area (Å²) in [4.78, 5) is 84.2. The smallest absolute Gasteiger partial charge is 0.326 e. The Balaban J connectivity index is 2.39. The Morgan fingerprint density at radius 3 is 1.48 bits per heavy atom. The van der Waals surface area contributed by atoms with Gasteiger partial charge in [-0.2, -0.15) is 11.8 Å². The lowest BCUT2D eigenvalue weighted by Gasteiger charge is -2.29. The van der Waals surface area contributed by atoms with Gasteiger partial charge in [-0.1, -0.05) is 52.0 Å². The number of carbonyl (C=O) groups excluding carboxylic acids is 5.